The molecular formula is C14H25N3. The fourth-order valence-corrected chi connectivity index (χ4v) is 2.84. The molecule has 0 saturated heterocycles. The average Bonchev–Trinajstić information content (AvgIpc) is 2.79. The first-order chi connectivity index (χ1) is 8.03. The van der Waals surface area contributed by atoms with E-state index in [9.17, 15) is 0 Å². The molecule has 0 spiro atoms. The van der Waals surface area contributed by atoms with Crippen molar-refractivity contribution in [3.63, 3.8) is 0 Å². The van der Waals surface area contributed by atoms with Crippen LogP contribution >= 0.6 is 0 Å². The van der Waals surface area contributed by atoms with E-state index in [0.29, 0.717) is 11.5 Å². The number of aromatic nitrogens is 2. The van der Waals surface area contributed by atoms with E-state index in [4.69, 9.17) is 0 Å². The van der Waals surface area contributed by atoms with Gasteiger partial charge in [-0.05, 0) is 30.7 Å². The molecule has 0 aromatic carbocycles. The molecule has 1 saturated carbocycles. The molecule has 1 atom stereocenters. The molecule has 0 amide bonds. The lowest BCUT2D eigenvalue weighted by atomic mass is 9.87. The normalized spacial score (nSPS) is 23.2. The maximum absolute atomic E-state index is 4.49. The van der Waals surface area contributed by atoms with Crippen LogP contribution in [0.3, 0.4) is 0 Å². The van der Waals surface area contributed by atoms with E-state index in [1.54, 1.807) is 0 Å². The zero-order valence-electron chi connectivity index (χ0n) is 11.6. The summed E-state index contributed by atoms with van der Waals surface area (Å²) in [6, 6.07) is 2.87. The Morgan fingerprint density at radius 2 is 2.29 bits per heavy atom. The van der Waals surface area contributed by atoms with Crippen molar-refractivity contribution in [1.82, 2.24) is 15.1 Å². The molecule has 0 aliphatic heterocycles. The van der Waals surface area contributed by atoms with Crippen molar-refractivity contribution in [1.29, 1.82) is 0 Å². The van der Waals surface area contributed by atoms with Gasteiger partial charge >= 0.3 is 0 Å². The number of nitrogens with one attached hydrogen (secondary N) is 1. The van der Waals surface area contributed by atoms with Gasteiger partial charge in [0.15, 0.2) is 0 Å². The first kappa shape index (κ1) is 12.6. The first-order valence-corrected chi connectivity index (χ1v) is 6.78. The molecule has 1 aliphatic carbocycles. The van der Waals surface area contributed by atoms with Gasteiger partial charge in [0.25, 0.3) is 0 Å². The van der Waals surface area contributed by atoms with Crippen molar-refractivity contribution in [2.24, 2.45) is 12.5 Å². The first-order valence-electron chi connectivity index (χ1n) is 6.78. The largest absolute Gasteiger partial charge is 0.308 e. The number of nitrogens with zero attached hydrogens (tertiary/aromatic N) is 2. The summed E-state index contributed by atoms with van der Waals surface area (Å²) in [5.74, 6) is 0. The van der Waals surface area contributed by atoms with Gasteiger partial charge in [-0.3, -0.25) is 4.68 Å². The molecule has 0 radical (unpaired) electrons. The summed E-state index contributed by atoms with van der Waals surface area (Å²) in [6.45, 7) is 7.84. The van der Waals surface area contributed by atoms with Gasteiger partial charge < -0.3 is 5.32 Å². The fourth-order valence-electron chi connectivity index (χ4n) is 2.84. The second kappa shape index (κ2) is 4.81. The summed E-state index contributed by atoms with van der Waals surface area (Å²) < 4.78 is 2.01. The second-order valence-electron chi connectivity index (χ2n) is 5.92. The van der Waals surface area contributed by atoms with E-state index in [0.717, 1.165) is 13.0 Å². The van der Waals surface area contributed by atoms with Gasteiger partial charge in [0.05, 0.1) is 11.4 Å². The van der Waals surface area contributed by atoms with E-state index in [1.807, 2.05) is 11.7 Å². The molecule has 3 nitrogen and oxygen atoms in total. The minimum absolute atomic E-state index is 0.451. The summed E-state index contributed by atoms with van der Waals surface area (Å²) in [5.41, 5.74) is 2.94. The molecule has 1 aliphatic rings. The van der Waals surface area contributed by atoms with E-state index >= 15 is 0 Å². The van der Waals surface area contributed by atoms with E-state index < -0.39 is 0 Å². The molecule has 0 bridgehead atoms. The van der Waals surface area contributed by atoms with Crippen LogP contribution in [0.15, 0.2) is 6.07 Å². The maximum Gasteiger partial charge on any atom is 0.0625 e. The van der Waals surface area contributed by atoms with Gasteiger partial charge in [-0.2, -0.15) is 5.10 Å². The molecule has 1 aromatic heterocycles. The van der Waals surface area contributed by atoms with Gasteiger partial charge in [-0.25, -0.2) is 0 Å². The van der Waals surface area contributed by atoms with Crippen LogP contribution in [-0.2, 0) is 20.0 Å². The highest BCUT2D eigenvalue weighted by atomic mass is 15.3. The van der Waals surface area contributed by atoms with Crippen LogP contribution < -0.4 is 5.32 Å². The van der Waals surface area contributed by atoms with Crippen LogP contribution in [0.1, 0.15) is 51.4 Å². The lowest BCUT2D eigenvalue weighted by Gasteiger charge is -2.27. The van der Waals surface area contributed by atoms with Crippen molar-refractivity contribution >= 4 is 0 Å². The van der Waals surface area contributed by atoms with Crippen LogP contribution in [-0.4, -0.2) is 15.8 Å². The van der Waals surface area contributed by atoms with E-state index in [1.165, 1.54) is 30.7 Å². The molecule has 3 heteroatoms. The highest BCUT2D eigenvalue weighted by molar-refractivity contribution is 5.10. The average molecular weight is 235 g/mol. The molecular weight excluding hydrogens is 210 g/mol. The quantitative estimate of drug-likeness (QED) is 0.869. The molecule has 1 fully saturated rings. The minimum Gasteiger partial charge on any atom is -0.308 e. The fraction of sp³-hybridized carbons (Fsp3) is 0.786. The van der Waals surface area contributed by atoms with Gasteiger partial charge in [0.2, 0.25) is 0 Å². The third-order valence-electron chi connectivity index (χ3n) is 4.18. The predicted octanol–water partition coefficient (Wildman–Crippen LogP) is 2.65. The Hall–Kier alpha value is -0.830. The number of hydrogen-bond donors (Lipinski definition) is 1. The Kier molecular flexibility index (Phi) is 3.57. The van der Waals surface area contributed by atoms with Crippen LogP contribution in [0.2, 0.25) is 0 Å². The van der Waals surface area contributed by atoms with E-state index in [-0.39, 0.29) is 0 Å². The van der Waals surface area contributed by atoms with Crippen molar-refractivity contribution < 1.29 is 0 Å². The smallest absolute Gasteiger partial charge is 0.0625 e. The van der Waals surface area contributed by atoms with Crippen LogP contribution in [0.5, 0.6) is 0 Å². The van der Waals surface area contributed by atoms with Crippen molar-refractivity contribution in [3.8, 4) is 0 Å². The zero-order chi connectivity index (χ0) is 12.5. The topological polar surface area (TPSA) is 29.9 Å². The Labute approximate surface area is 105 Å². The maximum atomic E-state index is 4.49. The SMILES string of the molecule is CCc1cc(CNC2CCCC2(C)C)n(C)n1. The molecule has 1 heterocycles. The summed E-state index contributed by atoms with van der Waals surface area (Å²) in [5, 5.41) is 8.19. The lowest BCUT2D eigenvalue weighted by Crippen LogP contribution is -2.37. The standard InChI is InChI=1S/C14H25N3/c1-5-11-9-12(17(4)16-11)10-15-13-7-6-8-14(13,2)3/h9,13,15H,5-8,10H2,1-4H3. The van der Waals surface area contributed by atoms with Crippen LogP contribution in [0.4, 0.5) is 0 Å². The second-order valence-corrected chi connectivity index (χ2v) is 5.92. The van der Waals surface area contributed by atoms with Crippen molar-refractivity contribution in [3.05, 3.63) is 17.5 Å². The molecule has 96 valence electrons. The third kappa shape index (κ3) is 2.71. The number of aryl methyl sites for hydroxylation is 2. The lowest BCUT2D eigenvalue weighted by molar-refractivity contribution is 0.281. The summed E-state index contributed by atoms with van der Waals surface area (Å²) in [6.07, 6.45) is 5.03. The predicted molar refractivity (Wildman–Crippen MR) is 70.8 cm³/mol. The third-order valence-corrected chi connectivity index (χ3v) is 4.18. The van der Waals surface area contributed by atoms with Crippen molar-refractivity contribution in [2.45, 2.75) is 59.0 Å². The van der Waals surface area contributed by atoms with Gasteiger partial charge in [-0.15, -0.1) is 0 Å². The molecule has 1 N–H and O–H groups in total. The van der Waals surface area contributed by atoms with Crippen LogP contribution in [0.25, 0.3) is 0 Å². The number of rotatable bonds is 4. The Bertz CT molecular complexity index is 379. The van der Waals surface area contributed by atoms with Crippen molar-refractivity contribution in [2.75, 3.05) is 0 Å². The molecule has 1 unspecified atom stereocenters. The van der Waals surface area contributed by atoms with Crippen LogP contribution in [0, 0.1) is 5.41 Å². The zero-order valence-corrected chi connectivity index (χ0v) is 11.6. The Morgan fingerprint density at radius 3 is 2.82 bits per heavy atom. The highest BCUT2D eigenvalue weighted by Crippen LogP contribution is 2.37. The summed E-state index contributed by atoms with van der Waals surface area (Å²) in [4.78, 5) is 0. The monoisotopic (exact) mass is 235 g/mol. The van der Waals surface area contributed by atoms with Gasteiger partial charge in [0, 0.05) is 19.6 Å². The molecule has 1 aromatic rings. The molecule has 2 rings (SSSR count). The summed E-state index contributed by atoms with van der Waals surface area (Å²) in [7, 11) is 2.04. The summed E-state index contributed by atoms with van der Waals surface area (Å²) >= 11 is 0. The number of hydrogen-bond acceptors (Lipinski definition) is 2. The Balaban J connectivity index is 1.95. The molecule has 17 heavy (non-hydrogen) atoms. The highest BCUT2D eigenvalue weighted by Gasteiger charge is 2.33. The van der Waals surface area contributed by atoms with Gasteiger partial charge in [0.1, 0.15) is 0 Å². The minimum atomic E-state index is 0.451. The Morgan fingerprint density at radius 1 is 1.53 bits per heavy atom. The van der Waals surface area contributed by atoms with Gasteiger partial charge in [-0.1, -0.05) is 27.2 Å². The van der Waals surface area contributed by atoms with E-state index in [2.05, 4.69) is 37.3 Å².